The van der Waals surface area contributed by atoms with Gasteiger partial charge in [0, 0.05) is 13.1 Å². The lowest BCUT2D eigenvalue weighted by Gasteiger charge is -2.34. The Balaban J connectivity index is 1.96. The molecule has 1 atom stereocenters. The molecule has 3 nitrogen and oxygen atoms in total. The second-order valence-corrected chi connectivity index (χ2v) is 5.08. The first-order chi connectivity index (χ1) is 8.74. The normalized spacial score (nSPS) is 18.6. The second-order valence-electron chi connectivity index (χ2n) is 5.08. The summed E-state index contributed by atoms with van der Waals surface area (Å²) in [5.74, 6) is 0.551. The summed E-state index contributed by atoms with van der Waals surface area (Å²) in [5, 5.41) is 0. The zero-order valence-electron chi connectivity index (χ0n) is 10.8. The maximum absolute atomic E-state index is 4.11. The van der Waals surface area contributed by atoms with E-state index >= 15 is 0 Å². The predicted octanol–water partition coefficient (Wildman–Crippen LogP) is 2.91. The summed E-state index contributed by atoms with van der Waals surface area (Å²) in [4.78, 5) is 10.6. The standard InChI is InChI=1S/C15H17N3/c1-11-3-4-15-12(2)8-18(9-13(15)5-11)14-6-16-10-17-7-14/h3-7,10,12H,8-9H2,1-2H3. The average Bonchev–Trinajstić information content (AvgIpc) is 2.39. The van der Waals surface area contributed by atoms with E-state index in [-0.39, 0.29) is 0 Å². The summed E-state index contributed by atoms with van der Waals surface area (Å²) in [6, 6.07) is 6.77. The monoisotopic (exact) mass is 239 g/mol. The van der Waals surface area contributed by atoms with Gasteiger partial charge >= 0.3 is 0 Å². The zero-order valence-corrected chi connectivity index (χ0v) is 10.8. The molecule has 0 radical (unpaired) electrons. The van der Waals surface area contributed by atoms with Crippen molar-refractivity contribution in [3.8, 4) is 0 Å². The van der Waals surface area contributed by atoms with Crippen LogP contribution in [-0.4, -0.2) is 16.5 Å². The Kier molecular flexibility index (Phi) is 2.74. The molecule has 0 aliphatic carbocycles. The van der Waals surface area contributed by atoms with Crippen molar-refractivity contribution in [2.24, 2.45) is 0 Å². The van der Waals surface area contributed by atoms with Crippen LogP contribution in [0, 0.1) is 6.92 Å². The van der Waals surface area contributed by atoms with Crippen molar-refractivity contribution in [1.82, 2.24) is 9.97 Å². The zero-order chi connectivity index (χ0) is 12.5. The van der Waals surface area contributed by atoms with Crippen LogP contribution in [0.2, 0.25) is 0 Å². The number of aryl methyl sites for hydroxylation is 1. The minimum absolute atomic E-state index is 0.551. The molecule has 1 aromatic carbocycles. The summed E-state index contributed by atoms with van der Waals surface area (Å²) in [6.07, 6.45) is 5.36. The van der Waals surface area contributed by atoms with Gasteiger partial charge in [-0.1, -0.05) is 30.7 Å². The van der Waals surface area contributed by atoms with Crippen molar-refractivity contribution in [1.29, 1.82) is 0 Å². The first kappa shape index (κ1) is 11.2. The Hall–Kier alpha value is -1.90. The molecule has 0 bridgehead atoms. The van der Waals surface area contributed by atoms with Crippen LogP contribution < -0.4 is 4.90 Å². The molecule has 92 valence electrons. The Bertz CT molecular complexity index is 551. The number of fused-ring (bicyclic) bond motifs is 1. The van der Waals surface area contributed by atoms with Gasteiger partial charge in [-0.15, -0.1) is 0 Å². The van der Waals surface area contributed by atoms with Gasteiger partial charge in [0.25, 0.3) is 0 Å². The number of hydrogen-bond donors (Lipinski definition) is 0. The Labute approximate surface area is 108 Å². The van der Waals surface area contributed by atoms with E-state index in [1.54, 1.807) is 6.33 Å². The molecule has 3 heteroatoms. The van der Waals surface area contributed by atoms with E-state index in [1.807, 2.05) is 12.4 Å². The molecule has 1 unspecified atom stereocenters. The lowest BCUT2D eigenvalue weighted by Crippen LogP contribution is -2.32. The molecular weight excluding hydrogens is 222 g/mol. The van der Waals surface area contributed by atoms with Crippen molar-refractivity contribution in [2.75, 3.05) is 11.4 Å². The highest BCUT2D eigenvalue weighted by molar-refractivity contribution is 5.48. The number of nitrogens with zero attached hydrogens (tertiary/aromatic N) is 3. The predicted molar refractivity (Wildman–Crippen MR) is 72.7 cm³/mol. The highest BCUT2D eigenvalue weighted by Gasteiger charge is 2.22. The molecule has 1 aliphatic rings. The molecule has 0 saturated heterocycles. The van der Waals surface area contributed by atoms with Crippen LogP contribution in [0.3, 0.4) is 0 Å². The van der Waals surface area contributed by atoms with E-state index in [2.05, 4.69) is 46.9 Å². The first-order valence-corrected chi connectivity index (χ1v) is 6.33. The van der Waals surface area contributed by atoms with Crippen LogP contribution in [-0.2, 0) is 6.54 Å². The fourth-order valence-corrected chi connectivity index (χ4v) is 2.70. The minimum Gasteiger partial charge on any atom is -0.364 e. The molecule has 0 fully saturated rings. The maximum atomic E-state index is 4.11. The average molecular weight is 239 g/mol. The van der Waals surface area contributed by atoms with Gasteiger partial charge in [0.15, 0.2) is 0 Å². The smallest absolute Gasteiger partial charge is 0.115 e. The van der Waals surface area contributed by atoms with Crippen molar-refractivity contribution < 1.29 is 0 Å². The van der Waals surface area contributed by atoms with Gasteiger partial charge in [-0.05, 0) is 24.0 Å². The molecule has 0 N–H and O–H groups in total. The van der Waals surface area contributed by atoms with Crippen molar-refractivity contribution in [3.63, 3.8) is 0 Å². The number of aromatic nitrogens is 2. The molecule has 0 spiro atoms. The van der Waals surface area contributed by atoms with E-state index < -0.39 is 0 Å². The van der Waals surface area contributed by atoms with Crippen LogP contribution in [0.4, 0.5) is 5.69 Å². The second kappa shape index (κ2) is 4.41. The summed E-state index contributed by atoms with van der Waals surface area (Å²) >= 11 is 0. The first-order valence-electron chi connectivity index (χ1n) is 6.33. The van der Waals surface area contributed by atoms with Crippen LogP contribution >= 0.6 is 0 Å². The summed E-state index contributed by atoms with van der Waals surface area (Å²) in [6.45, 7) is 6.41. The van der Waals surface area contributed by atoms with E-state index in [4.69, 9.17) is 0 Å². The minimum atomic E-state index is 0.551. The van der Waals surface area contributed by atoms with E-state index in [1.165, 1.54) is 16.7 Å². The van der Waals surface area contributed by atoms with E-state index in [9.17, 15) is 0 Å². The SMILES string of the molecule is Cc1ccc2c(c1)CN(c1cncnc1)CC2C. The van der Waals surface area contributed by atoms with Gasteiger partial charge in [0.05, 0.1) is 18.1 Å². The third-order valence-corrected chi connectivity index (χ3v) is 3.60. The van der Waals surface area contributed by atoms with Gasteiger partial charge in [-0.2, -0.15) is 0 Å². The molecule has 1 aliphatic heterocycles. The molecule has 0 saturated carbocycles. The van der Waals surface area contributed by atoms with Gasteiger partial charge < -0.3 is 4.90 Å². The molecule has 3 rings (SSSR count). The van der Waals surface area contributed by atoms with Crippen LogP contribution in [0.5, 0.6) is 0 Å². The molecule has 2 heterocycles. The van der Waals surface area contributed by atoms with Gasteiger partial charge in [-0.3, -0.25) is 0 Å². The van der Waals surface area contributed by atoms with Crippen LogP contribution in [0.25, 0.3) is 0 Å². The van der Waals surface area contributed by atoms with Gasteiger partial charge in [0.2, 0.25) is 0 Å². The molecule has 2 aromatic rings. The Morgan fingerprint density at radius 3 is 2.78 bits per heavy atom. The van der Waals surface area contributed by atoms with E-state index in [0.29, 0.717) is 5.92 Å². The maximum Gasteiger partial charge on any atom is 0.115 e. The van der Waals surface area contributed by atoms with Gasteiger partial charge in [-0.25, -0.2) is 9.97 Å². The molecule has 18 heavy (non-hydrogen) atoms. The van der Waals surface area contributed by atoms with Crippen molar-refractivity contribution in [2.45, 2.75) is 26.3 Å². The fourth-order valence-electron chi connectivity index (χ4n) is 2.70. The summed E-state index contributed by atoms with van der Waals surface area (Å²) < 4.78 is 0. The summed E-state index contributed by atoms with van der Waals surface area (Å²) in [5.41, 5.74) is 5.34. The van der Waals surface area contributed by atoms with Crippen molar-refractivity contribution >= 4 is 5.69 Å². The highest BCUT2D eigenvalue weighted by Crippen LogP contribution is 2.31. The van der Waals surface area contributed by atoms with Crippen LogP contribution in [0.1, 0.15) is 29.5 Å². The molecular formula is C15H17N3. The quantitative estimate of drug-likeness (QED) is 0.766. The molecule has 0 amide bonds. The Morgan fingerprint density at radius 1 is 1.22 bits per heavy atom. The number of benzene rings is 1. The fraction of sp³-hybridized carbons (Fsp3) is 0.333. The van der Waals surface area contributed by atoms with E-state index in [0.717, 1.165) is 18.8 Å². The number of hydrogen-bond acceptors (Lipinski definition) is 3. The van der Waals surface area contributed by atoms with Gasteiger partial charge in [0.1, 0.15) is 6.33 Å². The number of anilines is 1. The third-order valence-electron chi connectivity index (χ3n) is 3.60. The topological polar surface area (TPSA) is 29.0 Å². The molecule has 1 aromatic heterocycles. The van der Waals surface area contributed by atoms with Crippen molar-refractivity contribution in [3.05, 3.63) is 53.6 Å². The summed E-state index contributed by atoms with van der Waals surface area (Å²) in [7, 11) is 0. The lowest BCUT2D eigenvalue weighted by atomic mass is 9.90. The largest absolute Gasteiger partial charge is 0.364 e. The van der Waals surface area contributed by atoms with Crippen LogP contribution in [0.15, 0.2) is 36.9 Å². The third kappa shape index (κ3) is 1.96. The Morgan fingerprint density at radius 2 is 2.00 bits per heavy atom. The number of rotatable bonds is 1. The lowest BCUT2D eigenvalue weighted by molar-refractivity contribution is 0.637. The highest BCUT2D eigenvalue weighted by atomic mass is 15.1.